The van der Waals surface area contributed by atoms with Gasteiger partial charge in [0.25, 0.3) is 0 Å². The molecular formula is C16H18N4OS. The predicted molar refractivity (Wildman–Crippen MR) is 86.5 cm³/mol. The number of hydrogen-bond acceptors (Lipinski definition) is 5. The van der Waals surface area contributed by atoms with Crippen LogP contribution in [0.5, 0.6) is 0 Å². The van der Waals surface area contributed by atoms with E-state index in [1.807, 2.05) is 30.3 Å². The lowest BCUT2D eigenvalue weighted by Crippen LogP contribution is -2.29. The first-order valence-corrected chi connectivity index (χ1v) is 8.49. The number of nitrogens with zero attached hydrogens (tertiary/aromatic N) is 1. The molecule has 5 nitrogen and oxygen atoms in total. The molecule has 2 unspecified atom stereocenters. The van der Waals surface area contributed by atoms with Gasteiger partial charge in [-0.05, 0) is 18.4 Å². The van der Waals surface area contributed by atoms with E-state index in [1.54, 1.807) is 0 Å². The molecule has 22 heavy (non-hydrogen) atoms. The highest BCUT2D eigenvalue weighted by Crippen LogP contribution is 2.41. The summed E-state index contributed by atoms with van der Waals surface area (Å²) >= 11 is 1.52. The fraction of sp³-hybridized carbons (Fsp3) is 0.375. The van der Waals surface area contributed by atoms with E-state index in [1.165, 1.54) is 24.2 Å². The number of nitrogens with one attached hydrogen (secondary N) is 3. The topological polar surface area (TPSA) is 66.0 Å². The molecule has 0 spiro atoms. The van der Waals surface area contributed by atoms with E-state index < -0.39 is 0 Å². The molecule has 4 rings (SSSR count). The zero-order valence-corrected chi connectivity index (χ0v) is 12.9. The summed E-state index contributed by atoms with van der Waals surface area (Å²) in [6.45, 7) is 0.617. The van der Waals surface area contributed by atoms with E-state index in [-0.39, 0.29) is 17.9 Å². The molecule has 2 aromatic rings. The maximum absolute atomic E-state index is 12.6. The highest BCUT2D eigenvalue weighted by Gasteiger charge is 2.34. The van der Waals surface area contributed by atoms with Crippen LogP contribution in [0.15, 0.2) is 35.7 Å². The number of thiazole rings is 1. The molecule has 1 aliphatic carbocycles. The molecule has 1 aliphatic heterocycles. The number of anilines is 1. The van der Waals surface area contributed by atoms with Gasteiger partial charge in [0.1, 0.15) is 0 Å². The molecule has 2 fully saturated rings. The van der Waals surface area contributed by atoms with Crippen LogP contribution < -0.4 is 16.2 Å². The number of aromatic nitrogens is 1. The Morgan fingerprint density at radius 1 is 1.27 bits per heavy atom. The molecule has 2 heterocycles. The maximum atomic E-state index is 12.6. The van der Waals surface area contributed by atoms with Gasteiger partial charge in [0, 0.05) is 17.8 Å². The smallest absolute Gasteiger partial charge is 0.232 e. The highest BCUT2D eigenvalue weighted by atomic mass is 32.1. The predicted octanol–water partition coefficient (Wildman–Crippen LogP) is 2.42. The van der Waals surface area contributed by atoms with Crippen molar-refractivity contribution in [1.82, 2.24) is 15.8 Å². The summed E-state index contributed by atoms with van der Waals surface area (Å²) in [4.78, 5) is 17.1. The normalized spacial score (nSPS) is 24.4. The quantitative estimate of drug-likeness (QED) is 0.811. The molecule has 1 amide bonds. The standard InChI is InChI=1S/C16H18N4OS/c21-15(19-16-18-13(9-22-16)10-6-7-10)12-8-17-20-14(12)11-4-2-1-3-5-11/h1-5,9-10,12,14,17,20H,6-8H2,(H,18,19,21). The van der Waals surface area contributed by atoms with Crippen LogP contribution >= 0.6 is 11.3 Å². The first kappa shape index (κ1) is 13.9. The van der Waals surface area contributed by atoms with Gasteiger partial charge in [0.05, 0.1) is 17.7 Å². The van der Waals surface area contributed by atoms with Crippen LogP contribution in [-0.4, -0.2) is 17.4 Å². The van der Waals surface area contributed by atoms with Crippen molar-refractivity contribution in [2.24, 2.45) is 5.92 Å². The Morgan fingerprint density at radius 3 is 2.86 bits per heavy atom. The number of carbonyl (C=O) groups excluding carboxylic acids is 1. The minimum absolute atomic E-state index is 0.0101. The van der Waals surface area contributed by atoms with Crippen molar-refractivity contribution in [2.45, 2.75) is 24.8 Å². The molecule has 6 heteroatoms. The number of benzene rings is 1. The van der Waals surface area contributed by atoms with Crippen LogP contribution in [-0.2, 0) is 4.79 Å². The van der Waals surface area contributed by atoms with Crippen molar-refractivity contribution >= 4 is 22.4 Å². The minimum Gasteiger partial charge on any atom is -0.302 e. The monoisotopic (exact) mass is 314 g/mol. The molecule has 114 valence electrons. The van der Waals surface area contributed by atoms with Gasteiger partial charge in [0.2, 0.25) is 5.91 Å². The lowest BCUT2D eigenvalue weighted by molar-refractivity contribution is -0.119. The lowest BCUT2D eigenvalue weighted by atomic mass is 9.94. The van der Waals surface area contributed by atoms with E-state index in [0.717, 1.165) is 11.3 Å². The number of rotatable bonds is 4. The molecular weight excluding hydrogens is 296 g/mol. The number of amides is 1. The Bertz CT molecular complexity index is 668. The van der Waals surface area contributed by atoms with Gasteiger partial charge in [0.15, 0.2) is 5.13 Å². The molecule has 1 aromatic heterocycles. The van der Waals surface area contributed by atoms with Crippen LogP contribution in [0.4, 0.5) is 5.13 Å². The summed E-state index contributed by atoms with van der Waals surface area (Å²) < 4.78 is 0. The molecule has 2 atom stereocenters. The Morgan fingerprint density at radius 2 is 2.09 bits per heavy atom. The summed E-state index contributed by atoms with van der Waals surface area (Å²) in [5.41, 5.74) is 8.53. The average molecular weight is 314 g/mol. The molecule has 3 N–H and O–H groups in total. The average Bonchev–Trinajstić information content (AvgIpc) is 3.10. The first-order chi connectivity index (χ1) is 10.8. The number of hydrogen-bond donors (Lipinski definition) is 3. The van der Waals surface area contributed by atoms with E-state index in [9.17, 15) is 4.79 Å². The van der Waals surface area contributed by atoms with Gasteiger partial charge in [-0.25, -0.2) is 10.4 Å². The van der Waals surface area contributed by atoms with Crippen molar-refractivity contribution in [3.63, 3.8) is 0 Å². The molecule has 0 bridgehead atoms. The highest BCUT2D eigenvalue weighted by molar-refractivity contribution is 7.13. The third-order valence-electron chi connectivity index (χ3n) is 4.23. The fourth-order valence-corrected chi connectivity index (χ4v) is 3.62. The van der Waals surface area contributed by atoms with Gasteiger partial charge >= 0.3 is 0 Å². The van der Waals surface area contributed by atoms with Crippen molar-refractivity contribution in [3.8, 4) is 0 Å². The van der Waals surface area contributed by atoms with Gasteiger partial charge in [-0.15, -0.1) is 11.3 Å². The van der Waals surface area contributed by atoms with Gasteiger partial charge in [-0.2, -0.15) is 0 Å². The summed E-state index contributed by atoms with van der Waals surface area (Å²) in [6, 6.07) is 10.0. The summed E-state index contributed by atoms with van der Waals surface area (Å²) in [5, 5.41) is 5.75. The zero-order chi connectivity index (χ0) is 14.9. The van der Waals surface area contributed by atoms with E-state index in [4.69, 9.17) is 0 Å². The maximum Gasteiger partial charge on any atom is 0.232 e. The van der Waals surface area contributed by atoms with Crippen molar-refractivity contribution in [1.29, 1.82) is 0 Å². The summed E-state index contributed by atoms with van der Waals surface area (Å²) in [7, 11) is 0. The van der Waals surface area contributed by atoms with Gasteiger partial charge in [-0.1, -0.05) is 30.3 Å². The van der Waals surface area contributed by atoms with Crippen molar-refractivity contribution in [2.75, 3.05) is 11.9 Å². The van der Waals surface area contributed by atoms with E-state index in [0.29, 0.717) is 17.6 Å². The molecule has 1 aromatic carbocycles. The third kappa shape index (κ3) is 2.77. The van der Waals surface area contributed by atoms with Gasteiger partial charge < -0.3 is 5.32 Å². The summed E-state index contributed by atoms with van der Waals surface area (Å²) in [5.74, 6) is 0.493. The SMILES string of the molecule is O=C(Nc1nc(C2CC2)cs1)C1CNNC1c1ccccc1. The van der Waals surface area contributed by atoms with Crippen LogP contribution in [0.25, 0.3) is 0 Å². The first-order valence-electron chi connectivity index (χ1n) is 7.61. The molecule has 2 aliphatic rings. The van der Waals surface area contributed by atoms with E-state index >= 15 is 0 Å². The Labute approximate surface area is 133 Å². The fourth-order valence-electron chi connectivity index (χ4n) is 2.83. The Kier molecular flexibility index (Phi) is 3.65. The van der Waals surface area contributed by atoms with Crippen LogP contribution in [0.1, 0.15) is 36.1 Å². The minimum atomic E-state index is -0.143. The number of carbonyl (C=O) groups is 1. The van der Waals surface area contributed by atoms with Crippen LogP contribution in [0.2, 0.25) is 0 Å². The van der Waals surface area contributed by atoms with Crippen molar-refractivity contribution < 1.29 is 4.79 Å². The summed E-state index contributed by atoms with van der Waals surface area (Å²) in [6.07, 6.45) is 2.45. The van der Waals surface area contributed by atoms with Crippen LogP contribution in [0, 0.1) is 5.92 Å². The number of hydrazine groups is 1. The van der Waals surface area contributed by atoms with Crippen LogP contribution in [0.3, 0.4) is 0 Å². The molecule has 0 radical (unpaired) electrons. The largest absolute Gasteiger partial charge is 0.302 e. The Balaban J connectivity index is 1.46. The third-order valence-corrected chi connectivity index (χ3v) is 5.00. The second-order valence-corrected chi connectivity index (χ2v) is 6.72. The second kappa shape index (κ2) is 5.79. The van der Waals surface area contributed by atoms with E-state index in [2.05, 4.69) is 26.5 Å². The Hall–Kier alpha value is -1.76. The molecule has 1 saturated carbocycles. The molecule has 1 saturated heterocycles. The van der Waals surface area contributed by atoms with Gasteiger partial charge in [-0.3, -0.25) is 10.2 Å². The second-order valence-electron chi connectivity index (χ2n) is 5.86. The van der Waals surface area contributed by atoms with Crippen molar-refractivity contribution in [3.05, 3.63) is 47.0 Å². The lowest BCUT2D eigenvalue weighted by Gasteiger charge is -2.17. The zero-order valence-electron chi connectivity index (χ0n) is 12.1.